The molecular weight excluding hydrogens is 327 g/mol. The molecule has 0 aliphatic carbocycles. The Bertz CT molecular complexity index is 688. The Hall–Kier alpha value is -2.46. The number of benzene rings is 1. The van der Waals surface area contributed by atoms with E-state index >= 15 is 0 Å². The van der Waals surface area contributed by atoms with Crippen LogP contribution in [0.4, 0.5) is 18.9 Å². The molecule has 0 aliphatic rings. The highest BCUT2D eigenvalue weighted by atomic mass is 19.4. The number of rotatable bonds is 6. The predicted molar refractivity (Wildman–Crippen MR) is 79.6 cm³/mol. The molecule has 1 heterocycles. The Balaban J connectivity index is 2.29. The number of aliphatic hydroxyl groups is 1. The number of halogens is 3. The quantitative estimate of drug-likeness (QED) is 0.822. The summed E-state index contributed by atoms with van der Waals surface area (Å²) in [6, 6.07) is 2.97. The second kappa shape index (κ2) is 7.41. The summed E-state index contributed by atoms with van der Waals surface area (Å²) in [5.74, 6) is -0.508. The molecule has 1 aromatic carbocycles. The minimum absolute atomic E-state index is 0.0299. The van der Waals surface area contributed by atoms with Gasteiger partial charge in [-0.15, -0.1) is 0 Å². The van der Waals surface area contributed by atoms with E-state index in [0.717, 1.165) is 12.1 Å². The number of carbonyl (C=O) groups is 1. The molecule has 1 amide bonds. The van der Waals surface area contributed by atoms with Gasteiger partial charge in [-0.1, -0.05) is 0 Å². The van der Waals surface area contributed by atoms with Gasteiger partial charge in [0, 0.05) is 6.54 Å². The number of aromatic nitrogens is 3. The first-order valence-electron chi connectivity index (χ1n) is 6.96. The van der Waals surface area contributed by atoms with Gasteiger partial charge in [0.25, 0.3) is 0 Å². The lowest BCUT2D eigenvalue weighted by atomic mass is 10.1. The van der Waals surface area contributed by atoms with Gasteiger partial charge in [-0.25, -0.2) is 9.67 Å². The van der Waals surface area contributed by atoms with E-state index < -0.39 is 17.6 Å². The predicted octanol–water partition coefficient (Wildman–Crippen LogP) is 1.15. The Morgan fingerprint density at radius 2 is 2.17 bits per heavy atom. The maximum absolute atomic E-state index is 12.9. The Morgan fingerprint density at radius 1 is 1.42 bits per heavy atom. The third-order valence-corrected chi connectivity index (χ3v) is 3.16. The van der Waals surface area contributed by atoms with Gasteiger partial charge in [0.05, 0.1) is 30.1 Å². The molecule has 2 rings (SSSR count). The van der Waals surface area contributed by atoms with Gasteiger partial charge in [-0.2, -0.15) is 18.3 Å². The summed E-state index contributed by atoms with van der Waals surface area (Å²) in [6.45, 7) is 0.0666. The van der Waals surface area contributed by atoms with Crippen LogP contribution in [-0.4, -0.2) is 57.4 Å². The number of likely N-dealkylation sites (N-methyl/N-ethyl adjacent to an activating group) is 1. The molecule has 0 aliphatic heterocycles. The van der Waals surface area contributed by atoms with Gasteiger partial charge in [0.1, 0.15) is 12.7 Å². The fourth-order valence-corrected chi connectivity index (χ4v) is 2.03. The van der Waals surface area contributed by atoms with Crippen molar-refractivity contribution in [2.45, 2.75) is 6.18 Å². The lowest BCUT2D eigenvalue weighted by molar-refractivity contribution is -0.137. The molecule has 0 saturated heterocycles. The van der Waals surface area contributed by atoms with Crippen LogP contribution in [-0.2, 0) is 11.0 Å². The minimum Gasteiger partial charge on any atom is -0.395 e. The van der Waals surface area contributed by atoms with Crippen LogP contribution in [0.2, 0.25) is 0 Å². The lowest BCUT2D eigenvalue weighted by Gasteiger charge is -2.17. The molecule has 2 N–H and O–H groups in total. The van der Waals surface area contributed by atoms with Gasteiger partial charge in [-0.3, -0.25) is 9.69 Å². The van der Waals surface area contributed by atoms with Gasteiger partial charge in [0.2, 0.25) is 5.91 Å². The van der Waals surface area contributed by atoms with Crippen LogP contribution in [0.25, 0.3) is 5.69 Å². The van der Waals surface area contributed by atoms with Crippen molar-refractivity contribution in [2.75, 3.05) is 32.1 Å². The minimum atomic E-state index is -4.53. The Kier molecular flexibility index (Phi) is 5.52. The number of hydrogen-bond acceptors (Lipinski definition) is 5. The van der Waals surface area contributed by atoms with Crippen LogP contribution in [0.5, 0.6) is 0 Å². The van der Waals surface area contributed by atoms with Crippen LogP contribution < -0.4 is 5.32 Å². The van der Waals surface area contributed by atoms with E-state index in [1.807, 2.05) is 0 Å². The van der Waals surface area contributed by atoms with Crippen LogP contribution in [0, 0.1) is 0 Å². The normalized spacial score (nSPS) is 11.8. The van der Waals surface area contributed by atoms with E-state index in [9.17, 15) is 18.0 Å². The summed E-state index contributed by atoms with van der Waals surface area (Å²) < 4.78 is 40.0. The average Bonchev–Trinajstić information content (AvgIpc) is 3.00. The number of aliphatic hydroxyl groups excluding tert-OH is 1. The van der Waals surface area contributed by atoms with E-state index in [2.05, 4.69) is 15.4 Å². The first-order chi connectivity index (χ1) is 11.3. The summed E-state index contributed by atoms with van der Waals surface area (Å²) >= 11 is 0. The number of hydrogen-bond donors (Lipinski definition) is 2. The molecule has 7 nitrogen and oxygen atoms in total. The maximum Gasteiger partial charge on any atom is 0.416 e. The van der Waals surface area contributed by atoms with Crippen LogP contribution in [0.3, 0.4) is 0 Å². The second-order valence-electron chi connectivity index (χ2n) is 5.08. The van der Waals surface area contributed by atoms with E-state index in [-0.39, 0.29) is 31.1 Å². The van der Waals surface area contributed by atoms with E-state index in [1.165, 1.54) is 28.3 Å². The van der Waals surface area contributed by atoms with Crippen molar-refractivity contribution in [3.05, 3.63) is 36.4 Å². The first kappa shape index (κ1) is 17.9. The molecule has 0 spiro atoms. The monoisotopic (exact) mass is 343 g/mol. The van der Waals surface area contributed by atoms with Crippen molar-refractivity contribution in [3.63, 3.8) is 0 Å². The Morgan fingerprint density at radius 3 is 2.75 bits per heavy atom. The van der Waals surface area contributed by atoms with Crippen molar-refractivity contribution in [3.8, 4) is 5.69 Å². The molecule has 0 atom stereocenters. The zero-order valence-electron chi connectivity index (χ0n) is 12.8. The zero-order chi connectivity index (χ0) is 17.7. The Labute approximate surface area is 135 Å². The van der Waals surface area contributed by atoms with E-state index in [1.54, 1.807) is 7.05 Å². The fourth-order valence-electron chi connectivity index (χ4n) is 2.03. The maximum atomic E-state index is 12.9. The highest BCUT2D eigenvalue weighted by Gasteiger charge is 2.31. The van der Waals surface area contributed by atoms with Crippen LogP contribution >= 0.6 is 0 Å². The van der Waals surface area contributed by atoms with E-state index in [0.29, 0.717) is 0 Å². The lowest BCUT2D eigenvalue weighted by Crippen LogP contribution is -2.32. The molecule has 0 radical (unpaired) electrons. The zero-order valence-corrected chi connectivity index (χ0v) is 12.8. The topological polar surface area (TPSA) is 83.3 Å². The number of amides is 1. The molecule has 2 aromatic rings. The first-order valence-corrected chi connectivity index (χ1v) is 6.96. The van der Waals surface area contributed by atoms with Gasteiger partial charge < -0.3 is 10.4 Å². The average molecular weight is 343 g/mol. The highest BCUT2D eigenvalue weighted by Crippen LogP contribution is 2.33. The summed E-state index contributed by atoms with van der Waals surface area (Å²) in [7, 11) is 1.61. The third-order valence-electron chi connectivity index (χ3n) is 3.16. The van der Waals surface area contributed by atoms with Crippen molar-refractivity contribution < 1.29 is 23.1 Å². The molecule has 0 fully saturated rings. The number of anilines is 1. The van der Waals surface area contributed by atoms with Gasteiger partial charge >= 0.3 is 6.18 Å². The second-order valence-corrected chi connectivity index (χ2v) is 5.08. The van der Waals surface area contributed by atoms with Crippen LogP contribution in [0.1, 0.15) is 5.56 Å². The standard InChI is InChI=1S/C14H16F3N5O2/c1-21(4-5-23)7-13(24)20-11-6-10(14(15,16)17)2-3-12(11)22-9-18-8-19-22/h2-3,6,8-9,23H,4-5,7H2,1H3,(H,20,24). The van der Waals surface area contributed by atoms with Crippen molar-refractivity contribution in [1.29, 1.82) is 0 Å². The van der Waals surface area contributed by atoms with Crippen molar-refractivity contribution >= 4 is 11.6 Å². The molecule has 1 aromatic heterocycles. The van der Waals surface area contributed by atoms with Crippen molar-refractivity contribution in [1.82, 2.24) is 19.7 Å². The SMILES string of the molecule is CN(CCO)CC(=O)Nc1cc(C(F)(F)F)ccc1-n1cncn1. The number of nitrogens with zero attached hydrogens (tertiary/aromatic N) is 4. The number of alkyl halides is 3. The van der Waals surface area contributed by atoms with E-state index in [4.69, 9.17) is 5.11 Å². The number of carbonyl (C=O) groups excluding carboxylic acids is 1. The molecule has 0 unspecified atom stereocenters. The smallest absolute Gasteiger partial charge is 0.395 e. The summed E-state index contributed by atoms with van der Waals surface area (Å²) in [5, 5.41) is 15.1. The van der Waals surface area contributed by atoms with Gasteiger partial charge in [0.15, 0.2) is 0 Å². The number of nitrogens with one attached hydrogen (secondary N) is 1. The third kappa shape index (κ3) is 4.52. The summed E-state index contributed by atoms with van der Waals surface area (Å²) in [5.41, 5.74) is -0.651. The van der Waals surface area contributed by atoms with Gasteiger partial charge in [-0.05, 0) is 25.2 Å². The fraction of sp³-hybridized carbons (Fsp3) is 0.357. The largest absolute Gasteiger partial charge is 0.416 e. The van der Waals surface area contributed by atoms with Crippen LogP contribution in [0.15, 0.2) is 30.9 Å². The molecule has 0 saturated carbocycles. The summed E-state index contributed by atoms with van der Waals surface area (Å²) in [4.78, 5) is 17.3. The molecule has 130 valence electrons. The summed E-state index contributed by atoms with van der Waals surface area (Å²) in [6.07, 6.45) is -1.98. The van der Waals surface area contributed by atoms with Crippen molar-refractivity contribution in [2.24, 2.45) is 0 Å². The molecule has 10 heteroatoms. The molecule has 0 bridgehead atoms. The molecular formula is C14H16F3N5O2. The molecule has 24 heavy (non-hydrogen) atoms. The highest BCUT2D eigenvalue weighted by molar-refractivity contribution is 5.94.